The Bertz CT molecular complexity index is 464. The van der Waals surface area contributed by atoms with E-state index in [1.807, 2.05) is 0 Å². The van der Waals surface area contributed by atoms with E-state index in [0.717, 1.165) is 29.6 Å². The zero-order valence-corrected chi connectivity index (χ0v) is 11.9. The monoisotopic (exact) mass is 306 g/mol. The van der Waals surface area contributed by atoms with Crippen molar-refractivity contribution in [1.82, 2.24) is 15.6 Å². The third-order valence-corrected chi connectivity index (χ3v) is 4.02. The fraction of sp³-hybridized carbons (Fsp3) is 0.667. The normalized spacial score (nSPS) is 17.5. The van der Waals surface area contributed by atoms with Crippen molar-refractivity contribution in [2.24, 2.45) is 4.99 Å². The van der Waals surface area contributed by atoms with Crippen molar-refractivity contribution in [3.8, 4) is 0 Å². The molecule has 2 N–H and O–H groups in total. The zero-order valence-electron chi connectivity index (χ0n) is 11.1. The Morgan fingerprint density at radius 3 is 2.70 bits per heavy atom. The molecule has 0 atom stereocenters. The van der Waals surface area contributed by atoms with Crippen molar-refractivity contribution in [3.05, 3.63) is 16.1 Å². The number of hydrogen-bond donors (Lipinski definition) is 2. The molecule has 0 radical (unpaired) electrons. The van der Waals surface area contributed by atoms with E-state index in [2.05, 4.69) is 20.6 Å². The van der Waals surface area contributed by atoms with Crippen LogP contribution in [-0.4, -0.2) is 24.0 Å². The molecule has 0 spiro atoms. The molecular formula is C12H17F3N4S. The third kappa shape index (κ3) is 4.09. The van der Waals surface area contributed by atoms with E-state index in [9.17, 15) is 13.2 Å². The second kappa shape index (κ2) is 6.43. The summed E-state index contributed by atoms with van der Waals surface area (Å²) >= 11 is 0.995. The number of aliphatic imine (C=N–C) groups is 1. The molecule has 0 saturated heterocycles. The quantitative estimate of drug-likeness (QED) is 0.667. The fourth-order valence-corrected chi connectivity index (χ4v) is 2.88. The van der Waals surface area contributed by atoms with Crippen LogP contribution in [0.25, 0.3) is 0 Å². The van der Waals surface area contributed by atoms with Crippen LogP contribution in [0.4, 0.5) is 13.2 Å². The molecular weight excluding hydrogens is 289 g/mol. The molecule has 112 valence electrons. The van der Waals surface area contributed by atoms with Crippen molar-refractivity contribution >= 4 is 17.3 Å². The maximum absolute atomic E-state index is 12.4. The van der Waals surface area contributed by atoms with Crippen LogP contribution in [0.2, 0.25) is 0 Å². The number of guanidine groups is 1. The molecule has 1 fully saturated rings. The largest absolute Gasteiger partial charge is 0.434 e. The Balaban J connectivity index is 1.85. The van der Waals surface area contributed by atoms with Gasteiger partial charge in [-0.05, 0) is 12.8 Å². The number of thiazole rings is 1. The van der Waals surface area contributed by atoms with Crippen LogP contribution in [0.3, 0.4) is 0 Å². The average molecular weight is 306 g/mol. The fourth-order valence-electron chi connectivity index (χ4n) is 2.14. The van der Waals surface area contributed by atoms with E-state index in [1.54, 1.807) is 7.05 Å². The molecule has 0 aliphatic heterocycles. The van der Waals surface area contributed by atoms with Crippen LogP contribution in [-0.2, 0) is 12.7 Å². The Morgan fingerprint density at radius 2 is 2.15 bits per heavy atom. The van der Waals surface area contributed by atoms with Gasteiger partial charge in [-0.25, -0.2) is 4.98 Å². The predicted molar refractivity (Wildman–Crippen MR) is 72.7 cm³/mol. The summed E-state index contributed by atoms with van der Waals surface area (Å²) in [5, 5.41) is 7.69. The average Bonchev–Trinajstić information content (AvgIpc) is 3.04. The van der Waals surface area contributed by atoms with Crippen molar-refractivity contribution < 1.29 is 13.2 Å². The van der Waals surface area contributed by atoms with Crippen LogP contribution in [0.15, 0.2) is 10.4 Å². The maximum Gasteiger partial charge on any atom is 0.434 e. The Labute approximate surface area is 119 Å². The highest BCUT2D eigenvalue weighted by atomic mass is 32.1. The first-order valence-corrected chi connectivity index (χ1v) is 7.36. The first-order chi connectivity index (χ1) is 9.49. The minimum absolute atomic E-state index is 0.243. The van der Waals surface area contributed by atoms with E-state index in [1.165, 1.54) is 12.8 Å². The number of nitrogens with one attached hydrogen (secondary N) is 2. The van der Waals surface area contributed by atoms with Crippen molar-refractivity contribution in [2.75, 3.05) is 7.05 Å². The molecule has 8 heteroatoms. The smallest absolute Gasteiger partial charge is 0.354 e. The molecule has 0 unspecified atom stereocenters. The molecule has 2 rings (SSSR count). The molecule has 1 saturated carbocycles. The highest BCUT2D eigenvalue weighted by Crippen LogP contribution is 2.29. The van der Waals surface area contributed by atoms with Gasteiger partial charge in [-0.3, -0.25) is 4.99 Å². The minimum Gasteiger partial charge on any atom is -0.354 e. The van der Waals surface area contributed by atoms with Crippen molar-refractivity contribution in [3.63, 3.8) is 0 Å². The van der Waals surface area contributed by atoms with Gasteiger partial charge in [0, 0.05) is 18.5 Å². The Kier molecular flexibility index (Phi) is 4.85. The van der Waals surface area contributed by atoms with Crippen molar-refractivity contribution in [2.45, 2.75) is 44.4 Å². The molecule has 1 aromatic heterocycles. The zero-order chi connectivity index (χ0) is 14.6. The van der Waals surface area contributed by atoms with Gasteiger partial charge in [0.2, 0.25) is 0 Å². The lowest BCUT2D eigenvalue weighted by atomic mass is 10.2. The lowest BCUT2D eigenvalue weighted by Gasteiger charge is -2.16. The van der Waals surface area contributed by atoms with Gasteiger partial charge in [-0.1, -0.05) is 12.8 Å². The lowest BCUT2D eigenvalue weighted by molar-refractivity contribution is -0.140. The highest BCUT2D eigenvalue weighted by Gasteiger charge is 2.33. The van der Waals surface area contributed by atoms with Gasteiger partial charge in [0.05, 0.1) is 6.54 Å². The molecule has 20 heavy (non-hydrogen) atoms. The summed E-state index contributed by atoms with van der Waals surface area (Å²) in [4.78, 5) is 7.64. The summed E-state index contributed by atoms with van der Waals surface area (Å²) in [5.41, 5.74) is -0.835. The summed E-state index contributed by atoms with van der Waals surface area (Å²) in [7, 11) is 1.65. The number of rotatable bonds is 3. The first-order valence-electron chi connectivity index (χ1n) is 6.48. The second-order valence-electron chi connectivity index (χ2n) is 4.68. The molecule has 0 amide bonds. The molecule has 0 bridgehead atoms. The summed E-state index contributed by atoms with van der Waals surface area (Å²) < 4.78 is 37.3. The molecule has 1 aliphatic carbocycles. The molecule has 1 heterocycles. The number of alkyl halides is 3. The van der Waals surface area contributed by atoms with Gasteiger partial charge in [0.1, 0.15) is 5.01 Å². The van der Waals surface area contributed by atoms with Crippen LogP contribution in [0, 0.1) is 0 Å². The topological polar surface area (TPSA) is 49.3 Å². The van der Waals surface area contributed by atoms with E-state index in [0.29, 0.717) is 17.0 Å². The van der Waals surface area contributed by atoms with E-state index in [-0.39, 0.29) is 6.54 Å². The lowest BCUT2D eigenvalue weighted by Crippen LogP contribution is -2.41. The standard InChI is InChI=1S/C12H17F3N4S/c1-16-11(18-8-4-2-3-5-8)17-6-10-19-9(7-20-10)12(13,14)15/h7-8H,2-6H2,1H3,(H2,16,17,18). The first kappa shape index (κ1) is 15.1. The molecule has 4 nitrogen and oxygen atoms in total. The minimum atomic E-state index is -4.38. The van der Waals surface area contributed by atoms with E-state index < -0.39 is 11.9 Å². The van der Waals surface area contributed by atoms with E-state index >= 15 is 0 Å². The Hall–Kier alpha value is -1.31. The number of hydrogen-bond acceptors (Lipinski definition) is 3. The third-order valence-electron chi connectivity index (χ3n) is 3.17. The van der Waals surface area contributed by atoms with Crippen molar-refractivity contribution in [1.29, 1.82) is 0 Å². The maximum atomic E-state index is 12.4. The molecule has 1 aliphatic rings. The summed E-state index contributed by atoms with van der Waals surface area (Å²) in [5.74, 6) is 0.612. The Morgan fingerprint density at radius 1 is 1.45 bits per heavy atom. The summed E-state index contributed by atoms with van der Waals surface area (Å²) in [6.07, 6.45) is 0.247. The van der Waals surface area contributed by atoms with Gasteiger partial charge in [-0.2, -0.15) is 13.2 Å². The SMILES string of the molecule is CN=C(NCc1nc(C(F)(F)F)cs1)NC1CCCC1. The number of aromatic nitrogens is 1. The van der Waals surface area contributed by atoms with Gasteiger partial charge in [0.15, 0.2) is 11.7 Å². The van der Waals surface area contributed by atoms with Crippen LogP contribution in [0.1, 0.15) is 36.4 Å². The van der Waals surface area contributed by atoms with Crippen LogP contribution < -0.4 is 10.6 Å². The van der Waals surface area contributed by atoms with Gasteiger partial charge >= 0.3 is 6.18 Å². The number of halogens is 3. The van der Waals surface area contributed by atoms with Crippen LogP contribution >= 0.6 is 11.3 Å². The van der Waals surface area contributed by atoms with Gasteiger partial charge in [-0.15, -0.1) is 11.3 Å². The number of nitrogens with zero attached hydrogens (tertiary/aromatic N) is 2. The summed E-state index contributed by atoms with van der Waals surface area (Å²) in [6, 6.07) is 0.406. The summed E-state index contributed by atoms with van der Waals surface area (Å²) in [6.45, 7) is 0.243. The second-order valence-corrected chi connectivity index (χ2v) is 5.62. The van der Waals surface area contributed by atoms with Crippen LogP contribution in [0.5, 0.6) is 0 Å². The van der Waals surface area contributed by atoms with Gasteiger partial charge in [0.25, 0.3) is 0 Å². The van der Waals surface area contributed by atoms with E-state index in [4.69, 9.17) is 0 Å². The molecule has 1 aromatic rings. The molecule has 0 aromatic carbocycles. The highest BCUT2D eigenvalue weighted by molar-refractivity contribution is 7.09. The predicted octanol–water partition coefficient (Wildman–Crippen LogP) is 2.77. The van der Waals surface area contributed by atoms with Gasteiger partial charge < -0.3 is 10.6 Å².